The molecule has 11 heteroatoms. The molecule has 3 rings (SSSR count). The van der Waals surface area contributed by atoms with Gasteiger partial charge in [-0.15, -0.1) is 0 Å². The van der Waals surface area contributed by atoms with Crippen LogP contribution in [0, 0.1) is 5.92 Å². The van der Waals surface area contributed by atoms with E-state index in [4.69, 9.17) is 30.4 Å². The minimum Gasteiger partial charge on any atom is -0.494 e. The van der Waals surface area contributed by atoms with E-state index in [-0.39, 0.29) is 24.9 Å². The molecule has 0 spiro atoms. The molecule has 228 valence electrons. The summed E-state index contributed by atoms with van der Waals surface area (Å²) in [6, 6.07) is 14.4. The van der Waals surface area contributed by atoms with Crippen LogP contribution in [0.15, 0.2) is 58.5 Å². The van der Waals surface area contributed by atoms with E-state index < -0.39 is 12.2 Å². The maximum absolute atomic E-state index is 11.4. The molecular formula is C31H43N5O6. The topological polar surface area (TPSA) is 151 Å². The zero-order chi connectivity index (χ0) is 30.2. The molecule has 11 nitrogen and oxygen atoms in total. The third-order valence-electron chi connectivity index (χ3n) is 6.88. The van der Waals surface area contributed by atoms with Crippen LogP contribution >= 0.6 is 0 Å². The number of nitrogens with two attached hydrogens (primary N) is 2. The first-order valence-corrected chi connectivity index (χ1v) is 14.6. The lowest BCUT2D eigenvalue weighted by Crippen LogP contribution is -2.35. The molecule has 0 saturated carbocycles. The van der Waals surface area contributed by atoms with Crippen LogP contribution < -0.4 is 20.9 Å². The second-order valence-electron chi connectivity index (χ2n) is 9.92. The molecule has 0 aliphatic carbocycles. The van der Waals surface area contributed by atoms with Crippen molar-refractivity contribution in [3.63, 3.8) is 0 Å². The third kappa shape index (κ3) is 11.4. The van der Waals surface area contributed by atoms with Gasteiger partial charge in [0.1, 0.15) is 23.2 Å². The number of amides is 2. The number of carbonyl (C=O) groups is 2. The summed E-state index contributed by atoms with van der Waals surface area (Å²) in [6.07, 6.45) is 4.12. The van der Waals surface area contributed by atoms with Crippen molar-refractivity contribution in [2.45, 2.75) is 46.0 Å². The number of nitrogens with zero attached hydrogens (tertiary/aromatic N) is 3. The Balaban J connectivity index is 1.25. The molecule has 1 fully saturated rings. The van der Waals surface area contributed by atoms with E-state index in [2.05, 4.69) is 14.9 Å². The van der Waals surface area contributed by atoms with Gasteiger partial charge in [0.05, 0.1) is 26.4 Å². The van der Waals surface area contributed by atoms with Gasteiger partial charge >= 0.3 is 12.2 Å². The molecule has 1 aliphatic heterocycles. The second-order valence-corrected chi connectivity index (χ2v) is 9.92. The largest absolute Gasteiger partial charge is 0.494 e. The molecule has 2 aromatic rings. The Labute approximate surface area is 247 Å². The van der Waals surface area contributed by atoms with Crippen LogP contribution in [0.25, 0.3) is 0 Å². The summed E-state index contributed by atoms with van der Waals surface area (Å²) in [5.74, 6) is 2.48. The molecule has 4 N–H and O–H groups in total. The van der Waals surface area contributed by atoms with Crippen molar-refractivity contribution in [3.8, 4) is 11.5 Å². The molecule has 42 heavy (non-hydrogen) atoms. The van der Waals surface area contributed by atoms with Gasteiger partial charge in [-0.25, -0.2) is 9.59 Å². The number of ether oxygens (including phenoxy) is 4. The molecule has 0 radical (unpaired) electrons. The Morgan fingerprint density at radius 1 is 0.762 bits per heavy atom. The maximum atomic E-state index is 11.4. The zero-order valence-electron chi connectivity index (χ0n) is 24.6. The van der Waals surface area contributed by atoms with E-state index in [0.29, 0.717) is 24.3 Å². The van der Waals surface area contributed by atoms with Gasteiger partial charge in [0.2, 0.25) is 0 Å². The number of likely N-dealkylation sites (tertiary alicyclic amines) is 1. The van der Waals surface area contributed by atoms with Gasteiger partial charge in [0, 0.05) is 17.7 Å². The van der Waals surface area contributed by atoms with Crippen LogP contribution in [0.4, 0.5) is 9.59 Å². The van der Waals surface area contributed by atoms with Crippen LogP contribution in [0.3, 0.4) is 0 Å². The highest BCUT2D eigenvalue weighted by Gasteiger charge is 2.18. The quantitative estimate of drug-likeness (QED) is 0.183. The van der Waals surface area contributed by atoms with E-state index in [9.17, 15) is 9.59 Å². The Bertz CT molecular complexity index is 1080. The fraction of sp³-hybridized carbons (Fsp3) is 0.484. The van der Waals surface area contributed by atoms with Gasteiger partial charge in [0.15, 0.2) is 0 Å². The summed E-state index contributed by atoms with van der Waals surface area (Å²) in [5.41, 5.74) is 13.0. The molecule has 0 atom stereocenters. The van der Waals surface area contributed by atoms with Crippen molar-refractivity contribution in [2.24, 2.45) is 27.4 Å². The van der Waals surface area contributed by atoms with E-state index in [0.717, 1.165) is 56.3 Å². The van der Waals surface area contributed by atoms with Crippen molar-refractivity contribution in [3.05, 3.63) is 59.7 Å². The first-order valence-electron chi connectivity index (χ1n) is 14.6. The summed E-state index contributed by atoms with van der Waals surface area (Å²) in [5, 5.41) is 0. The van der Waals surface area contributed by atoms with Crippen molar-refractivity contribution in [1.29, 1.82) is 0 Å². The summed E-state index contributed by atoms with van der Waals surface area (Å²) in [6.45, 7) is 8.46. The number of amidine groups is 2. The molecule has 0 aromatic heterocycles. The van der Waals surface area contributed by atoms with E-state index in [1.807, 2.05) is 24.3 Å². The molecule has 1 aliphatic rings. The smallest absolute Gasteiger partial charge is 0.435 e. The highest BCUT2D eigenvalue weighted by molar-refractivity contribution is 6.03. The highest BCUT2D eigenvalue weighted by atomic mass is 16.5. The Morgan fingerprint density at radius 3 is 1.67 bits per heavy atom. The average molecular weight is 582 g/mol. The monoisotopic (exact) mass is 581 g/mol. The Kier molecular flexibility index (Phi) is 13.6. The minimum atomic E-state index is -0.694. The van der Waals surface area contributed by atoms with Crippen LogP contribution in [-0.4, -0.2) is 74.8 Å². The fourth-order valence-electron chi connectivity index (χ4n) is 4.62. The second kappa shape index (κ2) is 17.6. The summed E-state index contributed by atoms with van der Waals surface area (Å²) >= 11 is 0. The SMILES string of the molecule is CCOC(=O)/N=C(\N)c1ccc(OCCCC2CCN(CCCOc3ccc(/C(N)=N/C(=O)OCC)cc3)CC2)cc1. The predicted octanol–water partition coefficient (Wildman–Crippen LogP) is 4.75. The number of piperidine rings is 1. The first kappa shape index (κ1) is 32.4. The number of hydrogen-bond acceptors (Lipinski definition) is 7. The molecule has 0 bridgehead atoms. The van der Waals surface area contributed by atoms with Crippen molar-refractivity contribution >= 4 is 23.9 Å². The van der Waals surface area contributed by atoms with Crippen LogP contribution in [-0.2, 0) is 9.47 Å². The normalized spacial score (nSPS) is 14.8. The van der Waals surface area contributed by atoms with Crippen molar-refractivity contribution in [1.82, 2.24) is 4.90 Å². The summed E-state index contributed by atoms with van der Waals surface area (Å²) in [7, 11) is 0. The maximum Gasteiger partial charge on any atom is 0.435 e. The Morgan fingerprint density at radius 2 is 1.21 bits per heavy atom. The standard InChI is InChI=1S/C31H43N5O6/c1-3-39-30(37)34-28(32)24-8-12-26(13-9-24)41-21-5-7-23-16-19-36(20-17-23)18-6-22-42-27-14-10-25(11-15-27)29(33)35-31(38)40-4-2/h8-15,23H,3-7,16-22H2,1-2H3,(H2,32,34,37)(H2,33,35,38). The lowest BCUT2D eigenvalue weighted by atomic mass is 9.92. The number of benzene rings is 2. The van der Waals surface area contributed by atoms with Gasteiger partial charge in [-0.05, 0) is 113 Å². The minimum absolute atomic E-state index is 0.118. The number of aliphatic imine (C=N–C) groups is 2. The number of rotatable bonds is 14. The van der Waals surface area contributed by atoms with Crippen LogP contribution in [0.2, 0.25) is 0 Å². The molecule has 0 unspecified atom stereocenters. The molecular weight excluding hydrogens is 538 g/mol. The number of carbonyl (C=O) groups excluding carboxylic acids is 2. The Hall–Kier alpha value is -4.12. The van der Waals surface area contributed by atoms with E-state index in [1.165, 1.54) is 12.8 Å². The van der Waals surface area contributed by atoms with Crippen molar-refractivity contribution in [2.75, 3.05) is 46.1 Å². The number of hydrogen-bond donors (Lipinski definition) is 2. The summed E-state index contributed by atoms with van der Waals surface area (Å²) < 4.78 is 21.3. The lowest BCUT2D eigenvalue weighted by Gasteiger charge is -2.32. The van der Waals surface area contributed by atoms with Crippen molar-refractivity contribution < 1.29 is 28.5 Å². The molecule has 2 aromatic carbocycles. The van der Waals surface area contributed by atoms with Crippen LogP contribution in [0.5, 0.6) is 11.5 Å². The van der Waals surface area contributed by atoms with Crippen LogP contribution in [0.1, 0.15) is 57.1 Å². The van der Waals surface area contributed by atoms with Gasteiger partial charge in [0.25, 0.3) is 0 Å². The van der Waals surface area contributed by atoms with E-state index in [1.54, 1.807) is 38.1 Å². The summed E-state index contributed by atoms with van der Waals surface area (Å²) in [4.78, 5) is 32.8. The average Bonchev–Trinajstić information content (AvgIpc) is 2.99. The molecule has 1 saturated heterocycles. The zero-order valence-corrected chi connectivity index (χ0v) is 24.6. The van der Waals surface area contributed by atoms with Gasteiger partial charge < -0.3 is 35.3 Å². The first-order chi connectivity index (χ1) is 20.4. The van der Waals surface area contributed by atoms with E-state index >= 15 is 0 Å². The van der Waals surface area contributed by atoms with Gasteiger partial charge in [-0.2, -0.15) is 9.98 Å². The highest BCUT2D eigenvalue weighted by Crippen LogP contribution is 2.22. The van der Waals surface area contributed by atoms with Gasteiger partial charge in [-0.3, -0.25) is 0 Å². The fourth-order valence-corrected chi connectivity index (χ4v) is 4.62. The van der Waals surface area contributed by atoms with Gasteiger partial charge in [-0.1, -0.05) is 0 Å². The predicted molar refractivity (Wildman–Crippen MR) is 162 cm³/mol. The lowest BCUT2D eigenvalue weighted by molar-refractivity contribution is 0.161. The molecule has 2 amide bonds. The molecule has 1 heterocycles. The third-order valence-corrected chi connectivity index (χ3v) is 6.88.